The molecule has 1 amide bonds. The number of amides is 1. The van der Waals surface area contributed by atoms with Crippen LogP contribution in [0.1, 0.15) is 68.2 Å². The predicted octanol–water partition coefficient (Wildman–Crippen LogP) is 6.31. The van der Waals surface area contributed by atoms with Crippen LogP contribution >= 0.6 is 0 Å². The summed E-state index contributed by atoms with van der Waals surface area (Å²) in [5.74, 6) is 0.948. The lowest BCUT2D eigenvalue weighted by Crippen LogP contribution is -2.36. The second-order valence-electron chi connectivity index (χ2n) is 11.1. The number of nitrogens with one attached hydrogen (secondary N) is 2. The highest BCUT2D eigenvalue weighted by Gasteiger charge is 2.28. The molecule has 1 aliphatic rings. The van der Waals surface area contributed by atoms with Crippen LogP contribution in [0, 0.1) is 12.3 Å². The molecule has 6 nitrogen and oxygen atoms in total. The Morgan fingerprint density at radius 2 is 1.62 bits per heavy atom. The number of aryl methyl sites for hydroxylation is 1. The first-order chi connectivity index (χ1) is 16.0. The number of hydrogen-bond acceptors (Lipinski definition) is 5. The highest BCUT2D eigenvalue weighted by molar-refractivity contribution is 5.93. The molecule has 0 bridgehead atoms. The van der Waals surface area contributed by atoms with Crippen LogP contribution in [0.3, 0.4) is 0 Å². The third-order valence-electron chi connectivity index (χ3n) is 5.79. The zero-order valence-corrected chi connectivity index (χ0v) is 21.1. The van der Waals surface area contributed by atoms with Gasteiger partial charge >= 0.3 is 0 Å². The van der Waals surface area contributed by atoms with Crippen LogP contribution < -0.4 is 10.6 Å². The van der Waals surface area contributed by atoms with Gasteiger partial charge in [-0.15, -0.1) is 0 Å². The van der Waals surface area contributed by atoms with Crippen molar-refractivity contribution in [3.8, 4) is 0 Å². The summed E-state index contributed by atoms with van der Waals surface area (Å²) >= 11 is 0. The van der Waals surface area contributed by atoms with Crippen LogP contribution in [-0.4, -0.2) is 26.3 Å². The van der Waals surface area contributed by atoms with Crippen molar-refractivity contribution in [2.75, 3.05) is 10.6 Å². The normalized spacial score (nSPS) is 13.5. The fourth-order valence-electron chi connectivity index (χ4n) is 4.88. The lowest BCUT2D eigenvalue weighted by atomic mass is 9.82. The van der Waals surface area contributed by atoms with Gasteiger partial charge in [-0.05, 0) is 61.4 Å². The van der Waals surface area contributed by atoms with Gasteiger partial charge in [-0.3, -0.25) is 4.79 Å². The van der Waals surface area contributed by atoms with E-state index in [1.165, 1.54) is 11.1 Å². The summed E-state index contributed by atoms with van der Waals surface area (Å²) < 4.78 is 0. The zero-order valence-electron chi connectivity index (χ0n) is 21.1. The number of carbonyl (C=O) groups is 1. The third-order valence-corrected chi connectivity index (χ3v) is 5.79. The molecule has 34 heavy (non-hydrogen) atoms. The quantitative estimate of drug-likeness (QED) is 0.454. The van der Waals surface area contributed by atoms with E-state index in [-0.39, 0.29) is 16.9 Å². The van der Waals surface area contributed by atoms with Crippen LogP contribution in [-0.2, 0) is 13.1 Å². The first kappa shape index (κ1) is 23.7. The average molecular weight is 458 g/mol. The van der Waals surface area contributed by atoms with Crippen LogP contribution in [0.5, 0.6) is 0 Å². The molecule has 2 N–H and O–H groups in total. The van der Waals surface area contributed by atoms with Crippen LogP contribution in [0.25, 0.3) is 0 Å². The summed E-state index contributed by atoms with van der Waals surface area (Å²) in [6, 6.07) is 18.0. The van der Waals surface area contributed by atoms with Gasteiger partial charge in [0.1, 0.15) is 11.5 Å². The molecule has 0 saturated heterocycles. The Morgan fingerprint density at radius 3 is 2.24 bits per heavy atom. The van der Waals surface area contributed by atoms with E-state index in [1.54, 1.807) is 6.07 Å². The van der Waals surface area contributed by atoms with Crippen molar-refractivity contribution in [2.45, 2.75) is 66.6 Å². The van der Waals surface area contributed by atoms with Crippen molar-refractivity contribution in [1.29, 1.82) is 0 Å². The number of hydrogen-bond donors (Lipinski definition) is 2. The molecule has 178 valence electrons. The maximum Gasteiger partial charge on any atom is 0.273 e. The number of nitrogens with zero attached hydrogens (tertiary/aromatic N) is 3. The predicted molar refractivity (Wildman–Crippen MR) is 138 cm³/mol. The van der Waals surface area contributed by atoms with Gasteiger partial charge in [0.2, 0.25) is 5.95 Å². The molecular formula is C28H35N5O. The summed E-state index contributed by atoms with van der Waals surface area (Å²) in [4.78, 5) is 24.7. The van der Waals surface area contributed by atoms with Crippen molar-refractivity contribution in [2.24, 2.45) is 5.41 Å². The molecular weight excluding hydrogens is 422 g/mol. The molecule has 0 atom stereocenters. The lowest BCUT2D eigenvalue weighted by molar-refractivity contribution is 0.0745. The number of fused-ring (bicyclic) bond motifs is 1. The molecule has 0 spiro atoms. The number of benzene rings is 2. The maximum atomic E-state index is 13.5. The molecule has 0 aliphatic carbocycles. The minimum atomic E-state index is -0.211. The number of aromatic nitrogens is 2. The maximum absolute atomic E-state index is 13.5. The Balaban J connectivity index is 1.64. The molecule has 1 aliphatic heterocycles. The first-order valence-corrected chi connectivity index (χ1v) is 11.8. The minimum absolute atomic E-state index is 0.0948. The summed E-state index contributed by atoms with van der Waals surface area (Å²) in [7, 11) is 0. The van der Waals surface area contributed by atoms with Gasteiger partial charge in [0, 0.05) is 30.4 Å². The zero-order chi connectivity index (χ0) is 24.5. The Kier molecular flexibility index (Phi) is 6.34. The van der Waals surface area contributed by atoms with E-state index < -0.39 is 0 Å². The fraction of sp³-hybridized carbons (Fsp3) is 0.393. The van der Waals surface area contributed by atoms with Crippen LogP contribution in [0.15, 0.2) is 54.6 Å². The highest BCUT2D eigenvalue weighted by Crippen LogP contribution is 2.30. The van der Waals surface area contributed by atoms with Crippen molar-refractivity contribution in [3.05, 3.63) is 77.0 Å². The van der Waals surface area contributed by atoms with E-state index in [2.05, 4.69) is 62.4 Å². The molecule has 0 unspecified atom stereocenters. The van der Waals surface area contributed by atoms with E-state index in [0.29, 0.717) is 30.5 Å². The van der Waals surface area contributed by atoms with Crippen LogP contribution in [0.2, 0.25) is 0 Å². The summed E-state index contributed by atoms with van der Waals surface area (Å²) in [5, 5.41) is 6.84. The van der Waals surface area contributed by atoms with E-state index >= 15 is 0 Å². The van der Waals surface area contributed by atoms with Crippen molar-refractivity contribution in [3.63, 3.8) is 0 Å². The van der Waals surface area contributed by atoms with Crippen molar-refractivity contribution < 1.29 is 4.79 Å². The largest absolute Gasteiger partial charge is 0.365 e. The summed E-state index contributed by atoms with van der Waals surface area (Å²) in [5.41, 5.74) is 4.71. The second kappa shape index (κ2) is 9.09. The molecule has 6 heteroatoms. The summed E-state index contributed by atoms with van der Waals surface area (Å²) in [6.07, 6.45) is 0.940. The topological polar surface area (TPSA) is 70.2 Å². The molecule has 0 saturated carbocycles. The monoisotopic (exact) mass is 457 g/mol. The average Bonchev–Trinajstić information content (AvgIpc) is 3.15. The molecule has 2 aromatic carbocycles. The van der Waals surface area contributed by atoms with Gasteiger partial charge < -0.3 is 15.5 Å². The SMILES string of the molecule is Cc1cccc(Nc2nc(NC(C)(C)CC(C)(C)C)cc(C(=O)N3Cc4ccccc4C3)n2)c1. The van der Waals surface area contributed by atoms with Gasteiger partial charge in [-0.2, -0.15) is 4.98 Å². The van der Waals surface area contributed by atoms with Gasteiger partial charge in [0.25, 0.3) is 5.91 Å². The van der Waals surface area contributed by atoms with Gasteiger partial charge in [-0.25, -0.2) is 4.98 Å². The van der Waals surface area contributed by atoms with E-state index in [1.807, 2.05) is 48.2 Å². The molecule has 2 heterocycles. The molecule has 0 fully saturated rings. The van der Waals surface area contributed by atoms with Gasteiger partial charge in [0.15, 0.2) is 0 Å². The highest BCUT2D eigenvalue weighted by atomic mass is 16.2. The van der Waals surface area contributed by atoms with Gasteiger partial charge in [-0.1, -0.05) is 57.2 Å². The van der Waals surface area contributed by atoms with Gasteiger partial charge in [0.05, 0.1) is 0 Å². The standard InChI is InChI=1S/C28H35N5O/c1-19-10-9-13-22(14-19)29-26-30-23(15-24(31-26)32-28(5,6)18-27(2,3)4)25(34)33-16-20-11-7-8-12-21(20)17-33/h7-15H,16-18H2,1-6H3,(H2,29,30,31,32). The Bertz CT molecular complexity index is 1170. The fourth-order valence-corrected chi connectivity index (χ4v) is 4.88. The van der Waals surface area contributed by atoms with Crippen molar-refractivity contribution in [1.82, 2.24) is 14.9 Å². The minimum Gasteiger partial charge on any atom is -0.365 e. The molecule has 4 rings (SSSR count). The van der Waals surface area contributed by atoms with Crippen molar-refractivity contribution >= 4 is 23.4 Å². The molecule has 0 radical (unpaired) electrons. The molecule has 1 aromatic heterocycles. The second-order valence-corrected chi connectivity index (χ2v) is 11.1. The van der Waals surface area contributed by atoms with E-state index in [4.69, 9.17) is 4.98 Å². The Morgan fingerprint density at radius 1 is 0.941 bits per heavy atom. The number of carbonyl (C=O) groups excluding carboxylic acids is 1. The summed E-state index contributed by atoms with van der Waals surface area (Å²) in [6.45, 7) is 14.2. The molecule has 3 aromatic rings. The van der Waals surface area contributed by atoms with E-state index in [9.17, 15) is 4.79 Å². The third kappa shape index (κ3) is 5.93. The number of rotatable bonds is 6. The van der Waals surface area contributed by atoms with Crippen LogP contribution in [0.4, 0.5) is 17.5 Å². The Hall–Kier alpha value is -3.41. The lowest BCUT2D eigenvalue weighted by Gasteiger charge is -2.34. The smallest absolute Gasteiger partial charge is 0.273 e. The number of anilines is 3. The first-order valence-electron chi connectivity index (χ1n) is 11.8. The Labute approximate surface area is 202 Å². The van der Waals surface area contributed by atoms with E-state index in [0.717, 1.165) is 17.7 Å².